The molecule has 0 aromatic carbocycles. The summed E-state index contributed by atoms with van der Waals surface area (Å²) in [6, 6.07) is 0. The molecule has 0 aromatic heterocycles. The van der Waals surface area contributed by atoms with Gasteiger partial charge < -0.3 is 14.7 Å². The van der Waals surface area contributed by atoms with Gasteiger partial charge in [0.2, 0.25) is 5.91 Å². The van der Waals surface area contributed by atoms with Crippen LogP contribution in [0.1, 0.15) is 105 Å². The molecule has 0 radical (unpaired) electrons. The number of piperidine rings is 1. The molecule has 1 unspecified atom stereocenters. The van der Waals surface area contributed by atoms with Crippen LogP contribution in [0.3, 0.4) is 0 Å². The molecule has 1 heterocycles. The highest BCUT2D eigenvalue weighted by molar-refractivity contribution is 5.76. The van der Waals surface area contributed by atoms with Gasteiger partial charge in [-0.1, -0.05) is 32.4 Å². The van der Waals surface area contributed by atoms with Crippen LogP contribution in [0.5, 0.6) is 0 Å². The van der Waals surface area contributed by atoms with Gasteiger partial charge in [-0.2, -0.15) is 0 Å². The second-order valence-corrected chi connectivity index (χ2v) is 14.1. The number of carbonyl (C=O) groups excluding carboxylic acids is 1. The molecular weight excluding hydrogens is 446 g/mol. The summed E-state index contributed by atoms with van der Waals surface area (Å²) in [6.07, 6.45) is 16.4. The summed E-state index contributed by atoms with van der Waals surface area (Å²) >= 11 is 0. The van der Waals surface area contributed by atoms with E-state index in [4.69, 9.17) is 4.74 Å². The number of likely N-dealkylation sites (tertiary alicyclic amines) is 1. The Hall–Kier alpha value is -0.870. The number of rotatable bonds is 6. The van der Waals surface area contributed by atoms with Gasteiger partial charge >= 0.3 is 0 Å². The van der Waals surface area contributed by atoms with Crippen molar-refractivity contribution in [2.45, 2.75) is 117 Å². The third-order valence-electron chi connectivity index (χ3n) is 12.6. The molecular formula is C32H53NO3. The Bertz CT molecular complexity index is 831. The maximum absolute atomic E-state index is 13.1. The minimum Gasteiger partial charge on any atom is -0.393 e. The van der Waals surface area contributed by atoms with Gasteiger partial charge in [0.15, 0.2) is 0 Å². The summed E-state index contributed by atoms with van der Waals surface area (Å²) in [5.74, 6) is 4.83. The minimum atomic E-state index is -0.116. The molecule has 0 aromatic rings. The molecule has 5 aliphatic rings. The highest BCUT2D eigenvalue weighted by atomic mass is 16.5. The van der Waals surface area contributed by atoms with Crippen molar-refractivity contribution in [1.29, 1.82) is 0 Å². The number of hydrogen-bond donors (Lipinski definition) is 1. The first-order chi connectivity index (χ1) is 17.2. The van der Waals surface area contributed by atoms with E-state index in [1.54, 1.807) is 12.7 Å². The normalized spacial score (nSPS) is 42.7. The molecule has 4 aliphatic carbocycles. The number of carbonyl (C=O) groups is 1. The van der Waals surface area contributed by atoms with E-state index in [-0.39, 0.29) is 6.10 Å². The molecule has 1 amide bonds. The van der Waals surface area contributed by atoms with Crippen LogP contribution in [0, 0.1) is 46.3 Å². The Labute approximate surface area is 220 Å². The highest BCUT2D eigenvalue weighted by Gasteiger charge is 2.59. The molecule has 1 N–H and O–H groups in total. The Kier molecular flexibility index (Phi) is 7.69. The number of nitrogens with zero attached hydrogens (tertiary/aromatic N) is 1. The Balaban J connectivity index is 1.18. The molecule has 36 heavy (non-hydrogen) atoms. The number of fused-ring (bicyclic) bond motifs is 5. The van der Waals surface area contributed by atoms with Crippen molar-refractivity contribution in [2.24, 2.45) is 46.3 Å². The summed E-state index contributed by atoms with van der Waals surface area (Å²) in [5.41, 5.74) is 2.34. The van der Waals surface area contributed by atoms with Gasteiger partial charge in [0.05, 0.1) is 12.2 Å². The summed E-state index contributed by atoms with van der Waals surface area (Å²) < 4.78 is 5.53. The first kappa shape index (κ1) is 26.7. The molecule has 9 atom stereocenters. The van der Waals surface area contributed by atoms with Gasteiger partial charge in [-0.25, -0.2) is 0 Å². The number of hydrogen-bond acceptors (Lipinski definition) is 3. The van der Waals surface area contributed by atoms with Gasteiger partial charge in [0.25, 0.3) is 0 Å². The van der Waals surface area contributed by atoms with Crippen LogP contribution < -0.4 is 0 Å². The van der Waals surface area contributed by atoms with Gasteiger partial charge in [0.1, 0.15) is 0 Å². The van der Waals surface area contributed by atoms with E-state index in [9.17, 15) is 9.90 Å². The van der Waals surface area contributed by atoms with Gasteiger partial charge in [-0.05, 0) is 124 Å². The SMILES string of the molecule is COC(C)C1CCN(C(=O)CC[C@@H](C)[C@H]2CC[C@H]3[C@@H]4CC=C5C[C@@H](O)CC[C@]5(C)[C@H]4CC[C@]23C)CC1. The third-order valence-corrected chi connectivity index (χ3v) is 12.6. The molecule has 1 aliphatic heterocycles. The zero-order chi connectivity index (χ0) is 25.7. The fraction of sp³-hybridized carbons (Fsp3) is 0.906. The maximum atomic E-state index is 13.1. The highest BCUT2D eigenvalue weighted by Crippen LogP contribution is 2.67. The van der Waals surface area contributed by atoms with E-state index < -0.39 is 0 Å². The van der Waals surface area contributed by atoms with E-state index in [2.05, 4.69) is 38.7 Å². The second-order valence-electron chi connectivity index (χ2n) is 14.1. The number of amides is 1. The Morgan fingerprint density at radius 3 is 2.56 bits per heavy atom. The fourth-order valence-corrected chi connectivity index (χ4v) is 10.1. The largest absolute Gasteiger partial charge is 0.393 e. The third kappa shape index (κ3) is 4.61. The molecule has 5 rings (SSSR count). The van der Waals surface area contributed by atoms with E-state index >= 15 is 0 Å². The quantitative estimate of drug-likeness (QED) is 0.418. The molecule has 1 saturated heterocycles. The lowest BCUT2D eigenvalue weighted by atomic mass is 9.47. The van der Waals surface area contributed by atoms with E-state index in [0.717, 1.165) is 75.3 Å². The van der Waals surface area contributed by atoms with Crippen LogP contribution in [0.2, 0.25) is 0 Å². The Morgan fingerprint density at radius 1 is 1.08 bits per heavy atom. The Morgan fingerprint density at radius 2 is 1.83 bits per heavy atom. The van der Waals surface area contributed by atoms with Gasteiger partial charge in [0, 0.05) is 26.6 Å². The molecule has 0 bridgehead atoms. The van der Waals surface area contributed by atoms with Crippen LogP contribution in [0.25, 0.3) is 0 Å². The van der Waals surface area contributed by atoms with Gasteiger partial charge in [-0.3, -0.25) is 4.79 Å². The van der Waals surface area contributed by atoms with Crippen molar-refractivity contribution < 1.29 is 14.6 Å². The zero-order valence-corrected chi connectivity index (χ0v) is 23.8. The summed E-state index contributed by atoms with van der Waals surface area (Å²) in [4.78, 5) is 15.2. The molecule has 204 valence electrons. The predicted molar refractivity (Wildman–Crippen MR) is 145 cm³/mol. The number of methoxy groups -OCH3 is 1. The topological polar surface area (TPSA) is 49.8 Å². The maximum Gasteiger partial charge on any atom is 0.222 e. The van der Waals surface area contributed by atoms with Crippen LogP contribution in [-0.2, 0) is 9.53 Å². The lowest BCUT2D eigenvalue weighted by Gasteiger charge is -2.58. The van der Waals surface area contributed by atoms with E-state index in [1.165, 1.54) is 38.5 Å². The minimum absolute atomic E-state index is 0.116. The van der Waals surface area contributed by atoms with Crippen molar-refractivity contribution in [2.75, 3.05) is 20.2 Å². The number of allylic oxidation sites excluding steroid dienone is 1. The average Bonchev–Trinajstić information content (AvgIpc) is 3.24. The van der Waals surface area contributed by atoms with Crippen molar-refractivity contribution >= 4 is 5.91 Å². The van der Waals surface area contributed by atoms with Crippen LogP contribution in [-0.4, -0.2) is 48.3 Å². The number of ether oxygens (including phenoxy) is 1. The van der Waals surface area contributed by atoms with Crippen LogP contribution >= 0.6 is 0 Å². The van der Waals surface area contributed by atoms with E-state index in [0.29, 0.717) is 34.7 Å². The molecule has 3 saturated carbocycles. The molecule has 4 heteroatoms. The average molecular weight is 500 g/mol. The summed E-state index contributed by atoms with van der Waals surface area (Å²) in [5, 5.41) is 10.3. The van der Waals surface area contributed by atoms with E-state index in [1.807, 2.05) is 0 Å². The van der Waals surface area contributed by atoms with Crippen LogP contribution in [0.15, 0.2) is 11.6 Å². The van der Waals surface area contributed by atoms with Crippen molar-refractivity contribution in [1.82, 2.24) is 4.90 Å². The summed E-state index contributed by atoms with van der Waals surface area (Å²) in [6.45, 7) is 11.6. The van der Waals surface area contributed by atoms with Crippen molar-refractivity contribution in [3.05, 3.63) is 11.6 Å². The first-order valence-electron chi connectivity index (χ1n) is 15.4. The fourth-order valence-electron chi connectivity index (χ4n) is 10.1. The van der Waals surface area contributed by atoms with Crippen molar-refractivity contribution in [3.63, 3.8) is 0 Å². The molecule has 4 fully saturated rings. The lowest BCUT2D eigenvalue weighted by Crippen LogP contribution is -2.50. The standard InChI is InChI=1S/C32H53NO3/c1-21(6-11-30(35)33-18-14-23(15-19-33)22(2)36-5)27-9-10-28-26-8-7-24-20-25(34)12-16-31(24,3)29(26)13-17-32(27,28)4/h7,21-23,25-29,34H,6,8-20H2,1-5H3/t21-,22?,25+,26+,27-,28+,29+,31+,32-/m1/s1. The molecule has 0 spiro atoms. The number of aliphatic hydroxyl groups is 1. The smallest absolute Gasteiger partial charge is 0.222 e. The van der Waals surface area contributed by atoms with Crippen molar-refractivity contribution in [3.8, 4) is 0 Å². The van der Waals surface area contributed by atoms with Crippen LogP contribution in [0.4, 0.5) is 0 Å². The van der Waals surface area contributed by atoms with Gasteiger partial charge in [-0.15, -0.1) is 0 Å². The summed E-state index contributed by atoms with van der Waals surface area (Å²) in [7, 11) is 1.80. The first-order valence-corrected chi connectivity index (χ1v) is 15.4. The number of aliphatic hydroxyl groups excluding tert-OH is 1. The predicted octanol–water partition coefficient (Wildman–Crippen LogP) is 6.62. The monoisotopic (exact) mass is 499 g/mol. The second kappa shape index (κ2) is 10.4. The molecule has 4 nitrogen and oxygen atoms in total. The lowest BCUT2D eigenvalue weighted by molar-refractivity contribution is -0.133. The zero-order valence-electron chi connectivity index (χ0n) is 23.8.